The lowest BCUT2D eigenvalue weighted by Gasteiger charge is -2.03. The van der Waals surface area contributed by atoms with Crippen LogP contribution in [0.25, 0.3) is 0 Å². The Morgan fingerprint density at radius 1 is 1.28 bits per heavy atom. The molecule has 0 aliphatic heterocycles. The van der Waals surface area contributed by atoms with Gasteiger partial charge in [0.2, 0.25) is 0 Å². The number of nitrogens with one attached hydrogen (secondary N) is 1. The number of anilines is 1. The van der Waals surface area contributed by atoms with Crippen LogP contribution in [-0.4, -0.2) is 10.9 Å². The van der Waals surface area contributed by atoms with Crippen LogP contribution in [-0.2, 0) is 0 Å². The van der Waals surface area contributed by atoms with Gasteiger partial charge in [0.1, 0.15) is 0 Å². The van der Waals surface area contributed by atoms with E-state index in [9.17, 15) is 4.79 Å². The van der Waals surface area contributed by atoms with E-state index < -0.39 is 0 Å². The number of benzene rings is 1. The van der Waals surface area contributed by atoms with Crippen LogP contribution < -0.4 is 5.32 Å². The quantitative estimate of drug-likeness (QED) is 0.897. The minimum Gasteiger partial charge on any atom is -0.298 e. The zero-order valence-corrected chi connectivity index (χ0v) is 12.1. The molecule has 0 saturated heterocycles. The van der Waals surface area contributed by atoms with Gasteiger partial charge in [0.15, 0.2) is 5.13 Å². The van der Waals surface area contributed by atoms with E-state index in [4.69, 9.17) is 23.2 Å². The highest BCUT2D eigenvalue weighted by molar-refractivity contribution is 7.15. The first-order valence-corrected chi connectivity index (χ1v) is 6.75. The maximum atomic E-state index is 12.0. The number of aromatic nitrogens is 1. The van der Waals surface area contributed by atoms with E-state index >= 15 is 0 Å². The molecule has 18 heavy (non-hydrogen) atoms. The predicted molar refractivity (Wildman–Crippen MR) is 76.0 cm³/mol. The van der Waals surface area contributed by atoms with Crippen molar-refractivity contribution >= 4 is 45.6 Å². The maximum Gasteiger partial charge on any atom is 0.257 e. The highest BCUT2D eigenvalue weighted by Gasteiger charge is 2.11. The molecule has 1 aromatic carbocycles. The average molecular weight is 301 g/mol. The summed E-state index contributed by atoms with van der Waals surface area (Å²) in [6.45, 7) is 3.86. The summed E-state index contributed by atoms with van der Waals surface area (Å²) >= 11 is 13.1. The van der Waals surface area contributed by atoms with Gasteiger partial charge in [0.05, 0.1) is 15.7 Å². The van der Waals surface area contributed by atoms with Crippen molar-refractivity contribution in [3.8, 4) is 0 Å². The Kier molecular flexibility index (Phi) is 3.90. The van der Waals surface area contributed by atoms with Crippen LogP contribution in [0.1, 0.15) is 20.9 Å². The van der Waals surface area contributed by atoms with Gasteiger partial charge in [0, 0.05) is 10.4 Å². The van der Waals surface area contributed by atoms with E-state index in [1.807, 2.05) is 13.8 Å². The predicted octanol–water partition coefficient (Wildman–Crippen LogP) is 4.32. The molecule has 1 heterocycles. The molecule has 0 atom stereocenters. The molecule has 0 aliphatic carbocycles. The first-order chi connectivity index (χ1) is 8.47. The van der Waals surface area contributed by atoms with Crippen molar-refractivity contribution in [3.05, 3.63) is 44.4 Å². The van der Waals surface area contributed by atoms with Gasteiger partial charge in [0.25, 0.3) is 5.91 Å². The van der Waals surface area contributed by atoms with E-state index in [1.165, 1.54) is 17.4 Å². The van der Waals surface area contributed by atoms with Gasteiger partial charge in [-0.25, -0.2) is 4.98 Å². The second-order valence-corrected chi connectivity index (χ2v) is 5.76. The van der Waals surface area contributed by atoms with Crippen molar-refractivity contribution in [2.45, 2.75) is 13.8 Å². The maximum absolute atomic E-state index is 12.0. The van der Waals surface area contributed by atoms with Crippen molar-refractivity contribution in [3.63, 3.8) is 0 Å². The zero-order valence-electron chi connectivity index (χ0n) is 9.75. The highest BCUT2D eigenvalue weighted by Crippen LogP contribution is 2.24. The fraction of sp³-hybridized carbons (Fsp3) is 0.167. The number of rotatable bonds is 2. The van der Waals surface area contributed by atoms with E-state index in [-0.39, 0.29) is 5.91 Å². The van der Waals surface area contributed by atoms with Gasteiger partial charge in [-0.3, -0.25) is 10.1 Å². The molecule has 2 aromatic rings. The number of thiazole rings is 1. The molecule has 0 saturated carbocycles. The van der Waals surface area contributed by atoms with E-state index in [0.717, 1.165) is 10.6 Å². The topological polar surface area (TPSA) is 42.0 Å². The number of hydrogen-bond donors (Lipinski definition) is 1. The van der Waals surface area contributed by atoms with Gasteiger partial charge < -0.3 is 0 Å². The smallest absolute Gasteiger partial charge is 0.257 e. The zero-order chi connectivity index (χ0) is 13.3. The molecule has 94 valence electrons. The third-order valence-electron chi connectivity index (χ3n) is 2.43. The Morgan fingerprint density at radius 3 is 2.56 bits per heavy atom. The Labute approximate surface area is 119 Å². The van der Waals surface area contributed by atoms with Crippen LogP contribution >= 0.6 is 34.5 Å². The molecule has 0 bridgehead atoms. The number of amides is 1. The largest absolute Gasteiger partial charge is 0.298 e. The fourth-order valence-corrected chi connectivity index (χ4v) is 2.44. The van der Waals surface area contributed by atoms with Gasteiger partial charge in [-0.15, -0.1) is 11.3 Å². The third kappa shape index (κ3) is 2.83. The Hall–Kier alpha value is -1.10. The summed E-state index contributed by atoms with van der Waals surface area (Å²) in [4.78, 5) is 17.3. The van der Waals surface area contributed by atoms with Gasteiger partial charge in [-0.1, -0.05) is 23.2 Å². The van der Waals surface area contributed by atoms with Crippen molar-refractivity contribution in [2.75, 3.05) is 5.32 Å². The van der Waals surface area contributed by atoms with Crippen molar-refractivity contribution < 1.29 is 4.79 Å². The summed E-state index contributed by atoms with van der Waals surface area (Å²) in [5.41, 5.74) is 1.37. The Balaban J connectivity index is 2.19. The highest BCUT2D eigenvalue weighted by atomic mass is 35.5. The SMILES string of the molecule is Cc1nc(NC(=O)c2ccc(Cl)c(Cl)c2)sc1C. The fourth-order valence-electron chi connectivity index (χ4n) is 1.33. The van der Waals surface area contributed by atoms with Crippen LogP contribution in [0.3, 0.4) is 0 Å². The standard InChI is InChI=1S/C12H10Cl2N2OS/c1-6-7(2)18-12(15-6)16-11(17)8-3-4-9(13)10(14)5-8/h3-5H,1-2H3,(H,15,16,17). The number of carbonyl (C=O) groups is 1. The van der Waals surface area contributed by atoms with E-state index in [1.54, 1.807) is 12.1 Å². The second-order valence-electron chi connectivity index (χ2n) is 3.74. The minimum atomic E-state index is -0.248. The molecular formula is C12H10Cl2N2OS. The minimum absolute atomic E-state index is 0.248. The molecule has 2 rings (SSSR count). The van der Waals surface area contributed by atoms with Crippen LogP contribution in [0.5, 0.6) is 0 Å². The summed E-state index contributed by atoms with van der Waals surface area (Å²) < 4.78 is 0. The molecule has 0 unspecified atom stereocenters. The number of carbonyl (C=O) groups excluding carboxylic acids is 1. The number of halogens is 2. The summed E-state index contributed by atoms with van der Waals surface area (Å²) in [5, 5.41) is 4.10. The lowest BCUT2D eigenvalue weighted by atomic mass is 10.2. The monoisotopic (exact) mass is 300 g/mol. The van der Waals surface area contributed by atoms with Crippen molar-refractivity contribution in [2.24, 2.45) is 0 Å². The molecule has 0 spiro atoms. The number of nitrogens with zero attached hydrogens (tertiary/aromatic N) is 1. The van der Waals surface area contributed by atoms with Crippen LogP contribution in [0.2, 0.25) is 10.0 Å². The van der Waals surface area contributed by atoms with Gasteiger partial charge in [-0.05, 0) is 32.0 Å². The number of hydrogen-bond acceptors (Lipinski definition) is 3. The molecule has 0 aliphatic rings. The summed E-state index contributed by atoms with van der Waals surface area (Å²) in [6.07, 6.45) is 0. The molecule has 1 aromatic heterocycles. The molecule has 0 fully saturated rings. The summed E-state index contributed by atoms with van der Waals surface area (Å²) in [6, 6.07) is 4.75. The lowest BCUT2D eigenvalue weighted by Crippen LogP contribution is -2.11. The van der Waals surface area contributed by atoms with Crippen molar-refractivity contribution in [1.29, 1.82) is 0 Å². The summed E-state index contributed by atoms with van der Waals surface area (Å²) in [7, 11) is 0. The van der Waals surface area contributed by atoms with E-state index in [0.29, 0.717) is 20.7 Å². The molecule has 1 amide bonds. The Bertz CT molecular complexity index is 591. The molecule has 0 radical (unpaired) electrons. The van der Waals surface area contributed by atoms with Crippen LogP contribution in [0.15, 0.2) is 18.2 Å². The lowest BCUT2D eigenvalue weighted by molar-refractivity contribution is 0.102. The average Bonchev–Trinajstić information content (AvgIpc) is 2.61. The molecule has 6 heteroatoms. The second kappa shape index (κ2) is 5.26. The third-order valence-corrected chi connectivity index (χ3v) is 4.16. The summed E-state index contributed by atoms with van der Waals surface area (Å²) in [5.74, 6) is -0.248. The van der Waals surface area contributed by atoms with E-state index in [2.05, 4.69) is 10.3 Å². The number of aryl methyl sites for hydroxylation is 2. The van der Waals surface area contributed by atoms with Crippen LogP contribution in [0, 0.1) is 13.8 Å². The first kappa shape index (κ1) is 13.3. The van der Waals surface area contributed by atoms with Gasteiger partial charge >= 0.3 is 0 Å². The molecular weight excluding hydrogens is 291 g/mol. The normalized spacial score (nSPS) is 10.4. The molecule has 3 nitrogen and oxygen atoms in total. The van der Waals surface area contributed by atoms with Crippen LogP contribution in [0.4, 0.5) is 5.13 Å². The Morgan fingerprint density at radius 2 is 2.00 bits per heavy atom. The molecule has 1 N–H and O–H groups in total. The first-order valence-electron chi connectivity index (χ1n) is 5.18. The van der Waals surface area contributed by atoms with Crippen molar-refractivity contribution in [1.82, 2.24) is 4.98 Å². The van der Waals surface area contributed by atoms with Gasteiger partial charge in [-0.2, -0.15) is 0 Å².